The number of ketones is 1. The lowest BCUT2D eigenvalue weighted by molar-refractivity contribution is -0.139. The Morgan fingerprint density at radius 3 is 1.84 bits per heavy atom. The molecule has 6 nitrogen and oxygen atoms in total. The predicted octanol–water partition coefficient (Wildman–Crippen LogP) is 6.09. The number of carboxylic acids is 1. The van der Waals surface area contributed by atoms with E-state index in [-0.39, 0.29) is 24.7 Å². The molecule has 6 heteroatoms. The summed E-state index contributed by atoms with van der Waals surface area (Å²) in [7, 11) is 0. The molecule has 0 aromatic heterocycles. The molecule has 0 bridgehead atoms. The van der Waals surface area contributed by atoms with E-state index in [9.17, 15) is 19.5 Å². The van der Waals surface area contributed by atoms with Crippen molar-refractivity contribution in [1.82, 2.24) is 5.32 Å². The van der Waals surface area contributed by atoms with E-state index in [0.717, 1.165) is 38.9 Å². The van der Waals surface area contributed by atoms with Gasteiger partial charge in [0.15, 0.2) is 5.78 Å². The van der Waals surface area contributed by atoms with Gasteiger partial charge in [-0.05, 0) is 45.9 Å². The second kappa shape index (κ2) is 10.7. The van der Waals surface area contributed by atoms with E-state index in [2.05, 4.69) is 17.4 Å². The summed E-state index contributed by atoms with van der Waals surface area (Å²) in [5, 5.41) is 12.2. The molecule has 0 fully saturated rings. The van der Waals surface area contributed by atoms with Crippen molar-refractivity contribution in [3.63, 3.8) is 0 Å². The molecule has 0 heterocycles. The number of hydrogen-bond donors (Lipinski definition) is 2. The fourth-order valence-electron chi connectivity index (χ4n) is 4.95. The molecule has 0 aliphatic heterocycles. The minimum absolute atomic E-state index is 0.00973. The summed E-state index contributed by atoms with van der Waals surface area (Å²) in [4.78, 5) is 36.0. The topological polar surface area (TPSA) is 92.7 Å². The van der Waals surface area contributed by atoms with Crippen LogP contribution in [0.1, 0.15) is 39.9 Å². The predicted molar refractivity (Wildman–Crippen MR) is 145 cm³/mol. The van der Waals surface area contributed by atoms with E-state index in [1.54, 1.807) is 12.1 Å². The quantitative estimate of drug-likeness (QED) is 0.283. The molecule has 5 rings (SSSR count). The molecule has 38 heavy (non-hydrogen) atoms. The zero-order chi connectivity index (χ0) is 26.6. The van der Waals surface area contributed by atoms with Gasteiger partial charge in [0.2, 0.25) is 0 Å². The lowest BCUT2D eigenvalue weighted by Gasteiger charge is -2.17. The fraction of sp³-hybridized carbons (Fsp3) is 0.156. The van der Waals surface area contributed by atoms with Gasteiger partial charge in [0.1, 0.15) is 12.6 Å². The third-order valence-corrected chi connectivity index (χ3v) is 6.95. The Kier molecular flexibility index (Phi) is 7.05. The monoisotopic (exact) mass is 505 g/mol. The summed E-state index contributed by atoms with van der Waals surface area (Å²) >= 11 is 0. The van der Waals surface area contributed by atoms with Crippen LogP contribution in [0.3, 0.4) is 0 Å². The SMILES string of the molecule is CC(=O)c1ccc(-c2ccc(C[C@H](NC(=O)OCC3c4ccccc4-c4ccccc43)C(=O)O)cc2)cc1. The standard InChI is InChI=1S/C32H27NO5/c1-20(34)22-14-16-24(17-15-22)23-12-10-21(11-13-23)18-30(31(35)36)33-32(37)38-19-29-27-8-4-2-6-25(27)26-7-3-5-9-28(26)29/h2-17,29-30H,18-19H2,1H3,(H,33,37)(H,35,36)/t30-/m0/s1. The molecule has 4 aromatic carbocycles. The number of benzene rings is 4. The van der Waals surface area contributed by atoms with Crippen LogP contribution in [0.5, 0.6) is 0 Å². The summed E-state index contributed by atoms with van der Waals surface area (Å²) in [6, 6.07) is 29.7. The third kappa shape index (κ3) is 5.20. The largest absolute Gasteiger partial charge is 0.480 e. The maximum Gasteiger partial charge on any atom is 0.407 e. The average molecular weight is 506 g/mol. The van der Waals surface area contributed by atoms with Crippen LogP contribution in [-0.2, 0) is 16.0 Å². The number of carbonyl (C=O) groups excluding carboxylic acids is 2. The first-order valence-corrected chi connectivity index (χ1v) is 12.5. The maximum atomic E-state index is 12.6. The van der Waals surface area contributed by atoms with Crippen molar-refractivity contribution in [3.05, 3.63) is 119 Å². The van der Waals surface area contributed by atoms with Crippen LogP contribution in [0.4, 0.5) is 4.79 Å². The van der Waals surface area contributed by atoms with E-state index in [0.29, 0.717) is 5.56 Å². The minimum Gasteiger partial charge on any atom is -0.480 e. The number of amides is 1. The van der Waals surface area contributed by atoms with Gasteiger partial charge >= 0.3 is 12.1 Å². The number of fused-ring (bicyclic) bond motifs is 3. The van der Waals surface area contributed by atoms with Crippen molar-refractivity contribution < 1.29 is 24.2 Å². The summed E-state index contributed by atoms with van der Waals surface area (Å²) < 4.78 is 5.52. The molecule has 1 aliphatic rings. The molecular formula is C32H27NO5. The number of Topliss-reactive ketones (excluding diaryl/α,β-unsaturated/α-hetero) is 1. The number of aliphatic carboxylic acids is 1. The van der Waals surface area contributed by atoms with Crippen LogP contribution < -0.4 is 5.32 Å². The fourth-order valence-corrected chi connectivity index (χ4v) is 4.95. The number of hydrogen-bond acceptors (Lipinski definition) is 4. The maximum absolute atomic E-state index is 12.6. The molecule has 2 N–H and O–H groups in total. The third-order valence-electron chi connectivity index (χ3n) is 6.95. The Morgan fingerprint density at radius 1 is 0.789 bits per heavy atom. The van der Waals surface area contributed by atoms with Gasteiger partial charge < -0.3 is 15.2 Å². The van der Waals surface area contributed by atoms with E-state index in [1.165, 1.54) is 6.92 Å². The number of alkyl carbamates (subject to hydrolysis) is 1. The van der Waals surface area contributed by atoms with Gasteiger partial charge in [0.05, 0.1) is 0 Å². The average Bonchev–Trinajstić information content (AvgIpc) is 3.25. The molecule has 1 amide bonds. The lowest BCUT2D eigenvalue weighted by Crippen LogP contribution is -2.42. The van der Waals surface area contributed by atoms with Gasteiger partial charge in [0.25, 0.3) is 0 Å². The normalized spacial score (nSPS) is 12.8. The van der Waals surface area contributed by atoms with Gasteiger partial charge in [-0.3, -0.25) is 4.79 Å². The van der Waals surface area contributed by atoms with Crippen LogP contribution in [0.25, 0.3) is 22.3 Å². The first kappa shape index (κ1) is 25.0. The number of nitrogens with one attached hydrogen (secondary N) is 1. The molecule has 1 aliphatic carbocycles. The molecular weight excluding hydrogens is 478 g/mol. The van der Waals surface area contributed by atoms with Crippen LogP contribution in [-0.4, -0.2) is 35.6 Å². The van der Waals surface area contributed by atoms with Crippen molar-refractivity contribution in [2.75, 3.05) is 6.61 Å². The molecule has 0 unspecified atom stereocenters. The van der Waals surface area contributed by atoms with Gasteiger partial charge in [-0.25, -0.2) is 9.59 Å². The molecule has 4 aromatic rings. The molecule has 0 spiro atoms. The van der Waals surface area contributed by atoms with Crippen molar-refractivity contribution in [3.8, 4) is 22.3 Å². The van der Waals surface area contributed by atoms with Crippen LogP contribution in [0.2, 0.25) is 0 Å². The van der Waals surface area contributed by atoms with E-state index < -0.39 is 18.1 Å². The zero-order valence-corrected chi connectivity index (χ0v) is 20.9. The molecule has 0 saturated carbocycles. The van der Waals surface area contributed by atoms with Crippen molar-refractivity contribution in [2.45, 2.75) is 25.3 Å². The highest BCUT2D eigenvalue weighted by molar-refractivity contribution is 5.94. The van der Waals surface area contributed by atoms with Crippen LogP contribution in [0, 0.1) is 0 Å². The Balaban J connectivity index is 1.21. The number of rotatable bonds is 8. The number of ether oxygens (including phenoxy) is 1. The summed E-state index contributed by atoms with van der Waals surface area (Å²) in [6.45, 7) is 1.64. The highest BCUT2D eigenvalue weighted by Crippen LogP contribution is 2.44. The molecule has 1 atom stereocenters. The van der Waals surface area contributed by atoms with Crippen molar-refractivity contribution >= 4 is 17.8 Å². The molecule has 0 radical (unpaired) electrons. The highest BCUT2D eigenvalue weighted by Gasteiger charge is 2.29. The smallest absolute Gasteiger partial charge is 0.407 e. The second-order valence-electron chi connectivity index (χ2n) is 9.40. The first-order valence-electron chi connectivity index (χ1n) is 12.5. The highest BCUT2D eigenvalue weighted by atomic mass is 16.5. The second-order valence-corrected chi connectivity index (χ2v) is 9.40. The summed E-state index contributed by atoms with van der Waals surface area (Å²) in [5.74, 6) is -1.23. The van der Waals surface area contributed by atoms with Crippen molar-refractivity contribution in [1.29, 1.82) is 0 Å². The number of carboxylic acid groups (broad SMARTS) is 1. The summed E-state index contributed by atoms with van der Waals surface area (Å²) in [6.07, 6.45) is -0.648. The van der Waals surface area contributed by atoms with Gasteiger partial charge in [-0.2, -0.15) is 0 Å². The van der Waals surface area contributed by atoms with E-state index in [1.807, 2.05) is 72.8 Å². The minimum atomic E-state index is -1.14. The Labute approximate surface area is 220 Å². The van der Waals surface area contributed by atoms with Crippen LogP contribution >= 0.6 is 0 Å². The van der Waals surface area contributed by atoms with E-state index >= 15 is 0 Å². The van der Waals surface area contributed by atoms with Gasteiger partial charge in [-0.1, -0.05) is 97.1 Å². The zero-order valence-electron chi connectivity index (χ0n) is 20.9. The first-order chi connectivity index (χ1) is 18.4. The number of carbonyl (C=O) groups is 3. The van der Waals surface area contributed by atoms with Gasteiger partial charge in [-0.15, -0.1) is 0 Å². The Bertz CT molecular complexity index is 1450. The Morgan fingerprint density at radius 2 is 1.32 bits per heavy atom. The lowest BCUT2D eigenvalue weighted by atomic mass is 9.98. The van der Waals surface area contributed by atoms with Gasteiger partial charge in [0, 0.05) is 17.9 Å². The van der Waals surface area contributed by atoms with Crippen molar-refractivity contribution in [2.24, 2.45) is 0 Å². The van der Waals surface area contributed by atoms with E-state index in [4.69, 9.17) is 4.74 Å². The molecule has 0 saturated heterocycles. The molecule has 190 valence electrons. The summed E-state index contributed by atoms with van der Waals surface area (Å²) in [5.41, 5.74) is 7.74. The Hall–Kier alpha value is -4.71. The van der Waals surface area contributed by atoms with Crippen LogP contribution in [0.15, 0.2) is 97.1 Å².